The summed E-state index contributed by atoms with van der Waals surface area (Å²) in [6, 6.07) is 8.05. The number of fused-ring (bicyclic) bond motifs is 1. The molecule has 1 saturated heterocycles. The molecule has 0 bridgehead atoms. The summed E-state index contributed by atoms with van der Waals surface area (Å²) >= 11 is 0. The number of hydrogen-bond acceptors (Lipinski definition) is 2. The zero-order valence-corrected chi connectivity index (χ0v) is 10.4. The molecule has 2 heterocycles. The molecular formula is C14H17N3O. The quantitative estimate of drug-likeness (QED) is 0.799. The van der Waals surface area contributed by atoms with Gasteiger partial charge in [-0.2, -0.15) is 0 Å². The first kappa shape index (κ1) is 11.3. The van der Waals surface area contributed by atoms with Gasteiger partial charge in [0.2, 0.25) is 0 Å². The van der Waals surface area contributed by atoms with Gasteiger partial charge in [0.1, 0.15) is 0 Å². The number of piperazine rings is 1. The summed E-state index contributed by atoms with van der Waals surface area (Å²) in [5.74, 6) is 0.134. The van der Waals surface area contributed by atoms with E-state index in [9.17, 15) is 4.79 Å². The van der Waals surface area contributed by atoms with Crippen molar-refractivity contribution < 1.29 is 4.79 Å². The molecule has 1 aromatic heterocycles. The zero-order valence-electron chi connectivity index (χ0n) is 10.4. The molecule has 0 radical (unpaired) electrons. The molecule has 4 nitrogen and oxygen atoms in total. The number of aromatic nitrogens is 1. The lowest BCUT2D eigenvalue weighted by Gasteiger charge is -2.34. The minimum atomic E-state index is 0.134. The van der Waals surface area contributed by atoms with E-state index in [1.165, 1.54) is 0 Å². The number of H-pyrrole nitrogens is 1. The summed E-state index contributed by atoms with van der Waals surface area (Å²) < 4.78 is 0. The van der Waals surface area contributed by atoms with Gasteiger partial charge in [-0.05, 0) is 25.1 Å². The lowest BCUT2D eigenvalue weighted by molar-refractivity contribution is 0.0658. The summed E-state index contributed by atoms with van der Waals surface area (Å²) in [5, 5.41) is 4.31. The topological polar surface area (TPSA) is 48.1 Å². The van der Waals surface area contributed by atoms with Gasteiger partial charge in [0.15, 0.2) is 0 Å². The SMILES string of the molecule is CC1CNCCN1C(=O)c1cccc2[nH]ccc12. The fourth-order valence-corrected chi connectivity index (χ4v) is 2.57. The van der Waals surface area contributed by atoms with Crippen LogP contribution in [0, 0.1) is 0 Å². The molecule has 1 unspecified atom stereocenters. The van der Waals surface area contributed by atoms with E-state index in [-0.39, 0.29) is 11.9 Å². The van der Waals surface area contributed by atoms with Crippen LogP contribution in [0.15, 0.2) is 30.5 Å². The predicted octanol–water partition coefficient (Wildman–Crippen LogP) is 1.60. The van der Waals surface area contributed by atoms with Crippen molar-refractivity contribution in [2.75, 3.05) is 19.6 Å². The minimum absolute atomic E-state index is 0.134. The molecule has 1 aliphatic heterocycles. The van der Waals surface area contributed by atoms with Crippen LogP contribution in [0.25, 0.3) is 10.9 Å². The van der Waals surface area contributed by atoms with Crippen LogP contribution in [0.1, 0.15) is 17.3 Å². The van der Waals surface area contributed by atoms with Crippen LogP contribution in [0.3, 0.4) is 0 Å². The maximum Gasteiger partial charge on any atom is 0.254 e. The zero-order chi connectivity index (χ0) is 12.5. The van der Waals surface area contributed by atoms with Crippen LogP contribution in [-0.2, 0) is 0 Å². The highest BCUT2D eigenvalue weighted by Crippen LogP contribution is 2.20. The van der Waals surface area contributed by atoms with Crippen molar-refractivity contribution in [2.24, 2.45) is 0 Å². The third-order valence-electron chi connectivity index (χ3n) is 3.59. The number of hydrogen-bond donors (Lipinski definition) is 2. The number of aromatic amines is 1. The van der Waals surface area contributed by atoms with Crippen LogP contribution >= 0.6 is 0 Å². The van der Waals surface area contributed by atoms with Crippen molar-refractivity contribution in [3.05, 3.63) is 36.0 Å². The molecule has 0 saturated carbocycles. The van der Waals surface area contributed by atoms with Gasteiger partial charge < -0.3 is 15.2 Å². The van der Waals surface area contributed by atoms with Gasteiger partial charge in [0, 0.05) is 48.3 Å². The highest BCUT2D eigenvalue weighted by Gasteiger charge is 2.25. The first-order chi connectivity index (χ1) is 8.77. The average Bonchev–Trinajstić information content (AvgIpc) is 2.86. The van der Waals surface area contributed by atoms with Crippen molar-refractivity contribution in [3.63, 3.8) is 0 Å². The van der Waals surface area contributed by atoms with Gasteiger partial charge in [-0.1, -0.05) is 6.07 Å². The van der Waals surface area contributed by atoms with Gasteiger partial charge in [-0.15, -0.1) is 0 Å². The van der Waals surface area contributed by atoms with Crippen molar-refractivity contribution in [1.82, 2.24) is 15.2 Å². The Bertz CT molecular complexity index is 575. The third-order valence-corrected chi connectivity index (χ3v) is 3.59. The van der Waals surface area contributed by atoms with Crippen molar-refractivity contribution >= 4 is 16.8 Å². The van der Waals surface area contributed by atoms with Crippen LogP contribution in [0.4, 0.5) is 0 Å². The van der Waals surface area contributed by atoms with Gasteiger partial charge in [-0.3, -0.25) is 4.79 Å². The number of rotatable bonds is 1. The number of nitrogens with one attached hydrogen (secondary N) is 2. The molecule has 0 aliphatic carbocycles. The highest BCUT2D eigenvalue weighted by molar-refractivity contribution is 6.06. The molecule has 18 heavy (non-hydrogen) atoms. The molecule has 1 atom stereocenters. The Hall–Kier alpha value is -1.81. The number of carbonyl (C=O) groups excluding carboxylic acids is 1. The molecule has 1 fully saturated rings. The van der Waals surface area contributed by atoms with E-state index in [2.05, 4.69) is 17.2 Å². The Morgan fingerprint density at radius 2 is 2.28 bits per heavy atom. The molecule has 1 aliphatic rings. The minimum Gasteiger partial charge on any atom is -0.361 e. The van der Waals surface area contributed by atoms with Crippen molar-refractivity contribution in [3.8, 4) is 0 Å². The van der Waals surface area contributed by atoms with Crippen LogP contribution in [0.2, 0.25) is 0 Å². The fourth-order valence-electron chi connectivity index (χ4n) is 2.57. The molecule has 2 N–H and O–H groups in total. The molecule has 4 heteroatoms. The molecular weight excluding hydrogens is 226 g/mol. The molecule has 2 aromatic rings. The standard InChI is InChI=1S/C14H17N3O/c1-10-9-15-7-8-17(10)14(18)12-3-2-4-13-11(12)5-6-16-13/h2-6,10,15-16H,7-9H2,1H3. The second-order valence-electron chi connectivity index (χ2n) is 4.80. The number of carbonyl (C=O) groups is 1. The highest BCUT2D eigenvalue weighted by atomic mass is 16.2. The lowest BCUT2D eigenvalue weighted by atomic mass is 10.1. The van der Waals surface area contributed by atoms with E-state index in [1.807, 2.05) is 35.4 Å². The summed E-state index contributed by atoms with van der Waals surface area (Å²) in [4.78, 5) is 17.7. The number of benzene rings is 1. The summed E-state index contributed by atoms with van der Waals surface area (Å²) in [5.41, 5.74) is 1.81. The Morgan fingerprint density at radius 3 is 3.11 bits per heavy atom. The normalized spacial score (nSPS) is 20.3. The van der Waals surface area contributed by atoms with E-state index >= 15 is 0 Å². The maximum atomic E-state index is 12.6. The lowest BCUT2D eigenvalue weighted by Crippen LogP contribution is -2.52. The van der Waals surface area contributed by atoms with Crippen molar-refractivity contribution in [1.29, 1.82) is 0 Å². The van der Waals surface area contributed by atoms with E-state index in [4.69, 9.17) is 0 Å². The monoisotopic (exact) mass is 243 g/mol. The number of amides is 1. The molecule has 3 rings (SSSR count). The fraction of sp³-hybridized carbons (Fsp3) is 0.357. The van der Waals surface area contributed by atoms with Crippen LogP contribution in [-0.4, -0.2) is 41.5 Å². The predicted molar refractivity (Wildman–Crippen MR) is 71.7 cm³/mol. The second kappa shape index (κ2) is 4.46. The van der Waals surface area contributed by atoms with Crippen molar-refractivity contribution in [2.45, 2.75) is 13.0 Å². The Balaban J connectivity index is 1.98. The van der Waals surface area contributed by atoms with Crippen LogP contribution < -0.4 is 5.32 Å². The van der Waals surface area contributed by atoms with Gasteiger partial charge in [0.25, 0.3) is 5.91 Å². The Labute approximate surface area is 106 Å². The molecule has 0 spiro atoms. The molecule has 1 amide bonds. The summed E-state index contributed by atoms with van der Waals surface area (Å²) in [6.07, 6.45) is 1.88. The molecule has 94 valence electrons. The summed E-state index contributed by atoms with van der Waals surface area (Å²) in [6.45, 7) is 4.61. The maximum absolute atomic E-state index is 12.6. The first-order valence-electron chi connectivity index (χ1n) is 6.35. The first-order valence-corrected chi connectivity index (χ1v) is 6.35. The second-order valence-corrected chi connectivity index (χ2v) is 4.80. The van der Waals surface area contributed by atoms with Gasteiger partial charge in [0.05, 0.1) is 0 Å². The molecule has 1 aromatic carbocycles. The Morgan fingerprint density at radius 1 is 1.39 bits per heavy atom. The van der Waals surface area contributed by atoms with Crippen LogP contribution in [0.5, 0.6) is 0 Å². The van der Waals surface area contributed by atoms with Gasteiger partial charge in [-0.25, -0.2) is 0 Å². The van der Waals surface area contributed by atoms with E-state index in [1.54, 1.807) is 0 Å². The summed E-state index contributed by atoms with van der Waals surface area (Å²) in [7, 11) is 0. The third kappa shape index (κ3) is 1.78. The van der Waals surface area contributed by atoms with E-state index in [0.29, 0.717) is 0 Å². The van der Waals surface area contributed by atoms with E-state index in [0.717, 1.165) is 36.1 Å². The number of nitrogens with zero attached hydrogens (tertiary/aromatic N) is 1. The smallest absolute Gasteiger partial charge is 0.254 e. The average molecular weight is 243 g/mol. The largest absolute Gasteiger partial charge is 0.361 e. The Kier molecular flexibility index (Phi) is 2.80. The van der Waals surface area contributed by atoms with Gasteiger partial charge >= 0.3 is 0 Å². The van der Waals surface area contributed by atoms with E-state index < -0.39 is 0 Å².